The summed E-state index contributed by atoms with van der Waals surface area (Å²) < 4.78 is 0. The SMILES string of the molecule is CC(=O)Nc1cccc(C(=O)NC2CCN(C(=O)CCC3CCCCC3)CC2)c1. The van der Waals surface area contributed by atoms with Gasteiger partial charge >= 0.3 is 0 Å². The fraction of sp³-hybridized carbons (Fsp3) is 0.609. The average molecular weight is 400 g/mol. The van der Waals surface area contributed by atoms with Gasteiger partial charge < -0.3 is 15.5 Å². The van der Waals surface area contributed by atoms with Crippen LogP contribution >= 0.6 is 0 Å². The lowest BCUT2D eigenvalue weighted by atomic mass is 9.86. The van der Waals surface area contributed by atoms with Crippen LogP contribution in [-0.4, -0.2) is 41.8 Å². The highest BCUT2D eigenvalue weighted by molar-refractivity contribution is 5.97. The smallest absolute Gasteiger partial charge is 0.251 e. The van der Waals surface area contributed by atoms with Crippen molar-refractivity contribution in [2.75, 3.05) is 18.4 Å². The van der Waals surface area contributed by atoms with Crippen LogP contribution in [0.2, 0.25) is 0 Å². The quantitative estimate of drug-likeness (QED) is 0.765. The van der Waals surface area contributed by atoms with Gasteiger partial charge in [-0.3, -0.25) is 14.4 Å². The van der Waals surface area contributed by atoms with Crippen LogP contribution in [0, 0.1) is 5.92 Å². The molecule has 0 atom stereocenters. The molecule has 3 amide bonds. The Morgan fingerprint density at radius 1 is 1.03 bits per heavy atom. The molecule has 6 heteroatoms. The minimum atomic E-state index is -0.164. The van der Waals surface area contributed by atoms with Crippen LogP contribution in [0.3, 0.4) is 0 Å². The molecule has 1 aliphatic heterocycles. The highest BCUT2D eigenvalue weighted by Crippen LogP contribution is 2.27. The molecule has 158 valence electrons. The number of rotatable bonds is 6. The molecule has 0 aromatic heterocycles. The maximum absolute atomic E-state index is 12.5. The van der Waals surface area contributed by atoms with Crippen LogP contribution in [0.15, 0.2) is 24.3 Å². The van der Waals surface area contributed by atoms with E-state index in [1.165, 1.54) is 39.0 Å². The summed E-state index contributed by atoms with van der Waals surface area (Å²) in [4.78, 5) is 38.2. The monoisotopic (exact) mass is 399 g/mol. The molecule has 1 saturated carbocycles. The molecule has 1 heterocycles. The number of hydrogen-bond donors (Lipinski definition) is 2. The van der Waals surface area contributed by atoms with Gasteiger partial charge in [-0.15, -0.1) is 0 Å². The summed E-state index contributed by atoms with van der Waals surface area (Å²) in [7, 11) is 0. The number of anilines is 1. The Kier molecular flexibility index (Phi) is 7.67. The summed E-state index contributed by atoms with van der Waals surface area (Å²) in [6, 6.07) is 7.02. The van der Waals surface area contributed by atoms with Crippen LogP contribution in [0.4, 0.5) is 5.69 Å². The molecule has 0 spiro atoms. The number of hydrogen-bond acceptors (Lipinski definition) is 3. The number of benzene rings is 1. The fourth-order valence-corrected chi connectivity index (χ4v) is 4.44. The lowest BCUT2D eigenvalue weighted by Gasteiger charge is -2.33. The van der Waals surface area contributed by atoms with Crippen molar-refractivity contribution in [3.05, 3.63) is 29.8 Å². The summed E-state index contributed by atoms with van der Waals surface area (Å²) in [6.07, 6.45) is 9.81. The molecule has 2 fully saturated rings. The third-order valence-corrected chi connectivity index (χ3v) is 6.12. The lowest BCUT2D eigenvalue weighted by molar-refractivity contribution is -0.132. The van der Waals surface area contributed by atoms with Crippen LogP contribution < -0.4 is 10.6 Å². The van der Waals surface area contributed by atoms with E-state index in [-0.39, 0.29) is 23.8 Å². The third-order valence-electron chi connectivity index (χ3n) is 6.12. The minimum absolute atomic E-state index is 0.0781. The normalized spacial score (nSPS) is 18.3. The molecular weight excluding hydrogens is 366 g/mol. The van der Waals surface area contributed by atoms with Gasteiger partial charge in [0.15, 0.2) is 0 Å². The molecule has 0 radical (unpaired) electrons. The van der Waals surface area contributed by atoms with Gasteiger partial charge in [-0.2, -0.15) is 0 Å². The van der Waals surface area contributed by atoms with Crippen LogP contribution in [0.1, 0.15) is 75.1 Å². The van der Waals surface area contributed by atoms with E-state index in [0.29, 0.717) is 30.8 Å². The highest BCUT2D eigenvalue weighted by Gasteiger charge is 2.25. The molecule has 1 saturated heterocycles. The third kappa shape index (κ3) is 6.58. The second-order valence-electron chi connectivity index (χ2n) is 8.43. The maximum Gasteiger partial charge on any atom is 0.251 e. The first kappa shape index (κ1) is 21.3. The van der Waals surface area contributed by atoms with Crippen molar-refractivity contribution in [1.29, 1.82) is 0 Å². The lowest BCUT2D eigenvalue weighted by Crippen LogP contribution is -2.46. The van der Waals surface area contributed by atoms with Crippen molar-refractivity contribution in [2.24, 2.45) is 5.92 Å². The Morgan fingerprint density at radius 2 is 1.76 bits per heavy atom. The Balaban J connectivity index is 1.41. The van der Waals surface area contributed by atoms with E-state index in [1.54, 1.807) is 24.3 Å². The van der Waals surface area contributed by atoms with E-state index < -0.39 is 0 Å². The van der Waals surface area contributed by atoms with Crippen molar-refractivity contribution in [3.63, 3.8) is 0 Å². The van der Waals surface area contributed by atoms with E-state index in [9.17, 15) is 14.4 Å². The average Bonchev–Trinajstić information content (AvgIpc) is 2.73. The first-order chi connectivity index (χ1) is 14.0. The first-order valence-electron chi connectivity index (χ1n) is 11.0. The second kappa shape index (κ2) is 10.4. The van der Waals surface area contributed by atoms with Crippen molar-refractivity contribution in [2.45, 2.75) is 70.8 Å². The fourth-order valence-electron chi connectivity index (χ4n) is 4.44. The molecule has 0 bridgehead atoms. The Bertz CT molecular complexity index is 720. The standard InChI is InChI=1S/C23H33N3O3/c1-17(27)24-21-9-5-8-19(16-21)23(29)25-20-12-14-26(15-13-20)22(28)11-10-18-6-3-2-4-7-18/h5,8-9,16,18,20H,2-4,6-7,10-15H2,1H3,(H,24,27)(H,25,29). The largest absolute Gasteiger partial charge is 0.349 e. The summed E-state index contributed by atoms with van der Waals surface area (Å²) in [6.45, 7) is 2.86. The first-order valence-corrected chi connectivity index (χ1v) is 11.0. The summed E-state index contributed by atoms with van der Waals surface area (Å²) in [5, 5.41) is 5.76. The van der Waals surface area contributed by atoms with Crippen LogP contribution in [-0.2, 0) is 9.59 Å². The van der Waals surface area contributed by atoms with E-state index >= 15 is 0 Å². The van der Waals surface area contributed by atoms with E-state index in [1.807, 2.05) is 4.90 Å². The molecule has 1 aliphatic carbocycles. The van der Waals surface area contributed by atoms with Gasteiger partial charge in [-0.25, -0.2) is 0 Å². The molecule has 6 nitrogen and oxygen atoms in total. The molecule has 0 unspecified atom stereocenters. The summed E-state index contributed by atoms with van der Waals surface area (Å²) in [5.41, 5.74) is 1.14. The van der Waals surface area contributed by atoms with E-state index in [0.717, 1.165) is 25.2 Å². The van der Waals surface area contributed by atoms with Gasteiger partial charge in [-0.05, 0) is 43.4 Å². The number of piperidine rings is 1. The molecule has 2 N–H and O–H groups in total. The van der Waals surface area contributed by atoms with Crippen molar-refractivity contribution < 1.29 is 14.4 Å². The Morgan fingerprint density at radius 3 is 2.45 bits per heavy atom. The Labute approximate surface area is 173 Å². The molecule has 1 aromatic rings. The maximum atomic E-state index is 12.5. The molecule has 1 aromatic carbocycles. The minimum Gasteiger partial charge on any atom is -0.349 e. The van der Waals surface area contributed by atoms with Gasteiger partial charge in [0.25, 0.3) is 5.91 Å². The zero-order valence-corrected chi connectivity index (χ0v) is 17.4. The highest BCUT2D eigenvalue weighted by atomic mass is 16.2. The zero-order chi connectivity index (χ0) is 20.6. The van der Waals surface area contributed by atoms with Gasteiger partial charge in [-0.1, -0.05) is 38.2 Å². The van der Waals surface area contributed by atoms with Gasteiger partial charge in [0, 0.05) is 43.7 Å². The Hall–Kier alpha value is -2.37. The second-order valence-corrected chi connectivity index (χ2v) is 8.43. The van der Waals surface area contributed by atoms with Crippen molar-refractivity contribution in [3.8, 4) is 0 Å². The summed E-state index contributed by atoms with van der Waals surface area (Å²) >= 11 is 0. The number of carbonyl (C=O) groups excluding carboxylic acids is 3. The van der Waals surface area contributed by atoms with E-state index in [2.05, 4.69) is 10.6 Å². The topological polar surface area (TPSA) is 78.5 Å². The number of amides is 3. The molecule has 2 aliphatic rings. The van der Waals surface area contributed by atoms with Crippen LogP contribution in [0.5, 0.6) is 0 Å². The van der Waals surface area contributed by atoms with Crippen molar-refractivity contribution in [1.82, 2.24) is 10.2 Å². The van der Waals surface area contributed by atoms with Crippen LogP contribution in [0.25, 0.3) is 0 Å². The number of carbonyl (C=O) groups is 3. The van der Waals surface area contributed by atoms with Gasteiger partial charge in [0.1, 0.15) is 0 Å². The predicted octanol–water partition coefficient (Wildman–Crippen LogP) is 3.73. The molecule has 3 rings (SSSR count). The van der Waals surface area contributed by atoms with Gasteiger partial charge in [0.05, 0.1) is 0 Å². The molecule has 29 heavy (non-hydrogen) atoms. The zero-order valence-electron chi connectivity index (χ0n) is 17.4. The van der Waals surface area contributed by atoms with Crippen molar-refractivity contribution >= 4 is 23.4 Å². The number of nitrogens with one attached hydrogen (secondary N) is 2. The van der Waals surface area contributed by atoms with E-state index in [4.69, 9.17) is 0 Å². The van der Waals surface area contributed by atoms with Gasteiger partial charge in [0.2, 0.25) is 11.8 Å². The number of nitrogens with zero attached hydrogens (tertiary/aromatic N) is 1. The summed E-state index contributed by atoms with van der Waals surface area (Å²) in [5.74, 6) is 0.698. The number of likely N-dealkylation sites (tertiary alicyclic amines) is 1. The molecular formula is C23H33N3O3. The predicted molar refractivity (Wildman–Crippen MR) is 114 cm³/mol.